The normalized spacial score (nSPS) is 17.4. The van der Waals surface area contributed by atoms with Crippen LogP contribution < -0.4 is 10.6 Å². The standard InChI is InChI=1S/C14H20ClN3O2S/c1-9(11-3-4-12(15)21-11)17-14(20)18-7-5-10(6-8-18)13(19)16-2/h3-4,9-10H,5-8H2,1-2H3,(H,16,19)(H,17,20)/t9-/m0/s1. The van der Waals surface area contributed by atoms with Gasteiger partial charge in [0, 0.05) is 30.9 Å². The number of carbonyl (C=O) groups is 2. The first-order chi connectivity index (χ1) is 10.0. The summed E-state index contributed by atoms with van der Waals surface area (Å²) in [6.45, 7) is 3.17. The lowest BCUT2D eigenvalue weighted by atomic mass is 9.96. The summed E-state index contributed by atoms with van der Waals surface area (Å²) in [4.78, 5) is 26.6. The quantitative estimate of drug-likeness (QED) is 0.895. The third-order valence-electron chi connectivity index (χ3n) is 3.76. The first-order valence-corrected chi connectivity index (χ1v) is 8.23. The Bertz CT molecular complexity index is 512. The summed E-state index contributed by atoms with van der Waals surface area (Å²) in [6, 6.07) is 3.61. The third kappa shape index (κ3) is 4.11. The van der Waals surface area contributed by atoms with Gasteiger partial charge < -0.3 is 15.5 Å². The number of nitrogens with zero attached hydrogens (tertiary/aromatic N) is 1. The van der Waals surface area contributed by atoms with E-state index >= 15 is 0 Å². The van der Waals surface area contributed by atoms with Crippen LogP contribution in [0.3, 0.4) is 0 Å². The van der Waals surface area contributed by atoms with Gasteiger partial charge in [0.05, 0.1) is 10.4 Å². The summed E-state index contributed by atoms with van der Waals surface area (Å²) in [6.07, 6.45) is 1.43. The fourth-order valence-corrected chi connectivity index (χ4v) is 3.52. The molecular formula is C14H20ClN3O2S. The predicted octanol–water partition coefficient (Wildman–Crippen LogP) is 2.63. The summed E-state index contributed by atoms with van der Waals surface area (Å²) >= 11 is 7.38. The van der Waals surface area contributed by atoms with Gasteiger partial charge in [-0.15, -0.1) is 11.3 Å². The highest BCUT2D eigenvalue weighted by molar-refractivity contribution is 7.16. The number of hydrogen-bond acceptors (Lipinski definition) is 3. The molecule has 21 heavy (non-hydrogen) atoms. The molecule has 1 saturated heterocycles. The minimum atomic E-state index is -0.0811. The van der Waals surface area contributed by atoms with Crippen molar-refractivity contribution in [3.8, 4) is 0 Å². The summed E-state index contributed by atoms with van der Waals surface area (Å²) < 4.78 is 0.720. The van der Waals surface area contributed by atoms with E-state index in [1.807, 2.05) is 19.1 Å². The molecule has 1 aromatic rings. The molecule has 1 atom stereocenters. The highest BCUT2D eigenvalue weighted by atomic mass is 35.5. The lowest BCUT2D eigenvalue weighted by Gasteiger charge is -2.32. The van der Waals surface area contributed by atoms with Gasteiger partial charge in [-0.25, -0.2) is 4.79 Å². The van der Waals surface area contributed by atoms with Crippen molar-refractivity contribution in [1.82, 2.24) is 15.5 Å². The largest absolute Gasteiger partial charge is 0.359 e. The van der Waals surface area contributed by atoms with E-state index in [0.29, 0.717) is 25.9 Å². The molecule has 1 aromatic heterocycles. The Hall–Kier alpha value is -1.27. The smallest absolute Gasteiger partial charge is 0.317 e. The fraction of sp³-hybridized carbons (Fsp3) is 0.571. The van der Waals surface area contributed by atoms with Crippen LogP contribution in [-0.2, 0) is 4.79 Å². The minimum Gasteiger partial charge on any atom is -0.359 e. The van der Waals surface area contributed by atoms with Crippen molar-refractivity contribution < 1.29 is 9.59 Å². The van der Waals surface area contributed by atoms with Gasteiger partial charge >= 0.3 is 6.03 Å². The molecule has 0 aliphatic carbocycles. The monoisotopic (exact) mass is 329 g/mol. The van der Waals surface area contributed by atoms with Crippen molar-refractivity contribution in [2.75, 3.05) is 20.1 Å². The molecule has 1 aliphatic heterocycles. The number of rotatable bonds is 3. The highest BCUT2D eigenvalue weighted by Gasteiger charge is 2.27. The van der Waals surface area contributed by atoms with E-state index in [9.17, 15) is 9.59 Å². The van der Waals surface area contributed by atoms with E-state index in [4.69, 9.17) is 11.6 Å². The van der Waals surface area contributed by atoms with Crippen LogP contribution in [-0.4, -0.2) is 37.0 Å². The van der Waals surface area contributed by atoms with E-state index < -0.39 is 0 Å². The molecule has 0 radical (unpaired) electrons. The van der Waals surface area contributed by atoms with Crippen molar-refractivity contribution >= 4 is 34.9 Å². The van der Waals surface area contributed by atoms with Gasteiger partial charge in [-0.2, -0.15) is 0 Å². The number of likely N-dealkylation sites (tertiary alicyclic amines) is 1. The zero-order valence-electron chi connectivity index (χ0n) is 12.2. The van der Waals surface area contributed by atoms with Crippen LogP contribution in [0, 0.1) is 5.92 Å². The average Bonchev–Trinajstić information content (AvgIpc) is 2.93. The second-order valence-electron chi connectivity index (χ2n) is 5.19. The van der Waals surface area contributed by atoms with E-state index in [-0.39, 0.29) is 23.9 Å². The maximum absolute atomic E-state index is 12.2. The number of hydrogen-bond donors (Lipinski definition) is 2. The van der Waals surface area contributed by atoms with Crippen molar-refractivity contribution in [3.63, 3.8) is 0 Å². The number of piperidine rings is 1. The lowest BCUT2D eigenvalue weighted by molar-refractivity contribution is -0.125. The van der Waals surface area contributed by atoms with Crippen LogP contribution in [0.1, 0.15) is 30.7 Å². The van der Waals surface area contributed by atoms with Crippen LogP contribution >= 0.6 is 22.9 Å². The first kappa shape index (κ1) is 16.1. The maximum atomic E-state index is 12.2. The Labute approximate surface area is 133 Å². The van der Waals surface area contributed by atoms with Crippen molar-refractivity contribution in [3.05, 3.63) is 21.3 Å². The molecule has 0 saturated carbocycles. The maximum Gasteiger partial charge on any atom is 0.317 e. The second-order valence-corrected chi connectivity index (χ2v) is 6.94. The molecule has 116 valence electrons. The summed E-state index contributed by atoms with van der Waals surface area (Å²) in [5, 5.41) is 5.64. The molecule has 0 unspecified atom stereocenters. The number of urea groups is 1. The predicted molar refractivity (Wildman–Crippen MR) is 84.6 cm³/mol. The molecule has 2 rings (SSSR count). The summed E-state index contributed by atoms with van der Waals surface area (Å²) in [5.74, 6) is 0.0872. The van der Waals surface area contributed by atoms with Crippen LogP contribution in [0.25, 0.3) is 0 Å². The molecule has 0 spiro atoms. The van der Waals surface area contributed by atoms with Gasteiger partial charge in [-0.3, -0.25) is 4.79 Å². The van der Waals surface area contributed by atoms with E-state index in [1.54, 1.807) is 11.9 Å². The molecule has 5 nitrogen and oxygen atoms in total. The molecule has 2 heterocycles. The number of halogens is 1. The van der Waals surface area contributed by atoms with Gasteiger partial charge in [-0.05, 0) is 31.9 Å². The van der Waals surface area contributed by atoms with Gasteiger partial charge in [0.25, 0.3) is 0 Å². The molecule has 0 aromatic carbocycles. The molecule has 7 heteroatoms. The lowest BCUT2D eigenvalue weighted by Crippen LogP contribution is -2.47. The first-order valence-electron chi connectivity index (χ1n) is 7.03. The van der Waals surface area contributed by atoms with Crippen LogP contribution in [0.2, 0.25) is 4.34 Å². The highest BCUT2D eigenvalue weighted by Crippen LogP contribution is 2.27. The Morgan fingerprint density at radius 2 is 2.05 bits per heavy atom. The van der Waals surface area contributed by atoms with E-state index in [2.05, 4.69) is 10.6 Å². The number of amides is 3. The molecule has 0 bridgehead atoms. The Morgan fingerprint density at radius 3 is 2.57 bits per heavy atom. The Kier molecular flexibility index (Phi) is 5.47. The zero-order chi connectivity index (χ0) is 15.4. The fourth-order valence-electron chi connectivity index (χ4n) is 2.46. The summed E-state index contributed by atoms with van der Waals surface area (Å²) in [7, 11) is 1.65. The van der Waals surface area contributed by atoms with Crippen molar-refractivity contribution in [2.24, 2.45) is 5.92 Å². The third-order valence-corrected chi connectivity index (χ3v) is 5.17. The molecular weight excluding hydrogens is 310 g/mol. The molecule has 3 amide bonds. The molecule has 1 fully saturated rings. The number of carbonyl (C=O) groups excluding carboxylic acids is 2. The second kappa shape index (κ2) is 7.13. The average molecular weight is 330 g/mol. The van der Waals surface area contributed by atoms with Gasteiger partial charge in [0.15, 0.2) is 0 Å². The van der Waals surface area contributed by atoms with Crippen LogP contribution in [0.15, 0.2) is 12.1 Å². The van der Waals surface area contributed by atoms with Crippen LogP contribution in [0.5, 0.6) is 0 Å². The van der Waals surface area contributed by atoms with Gasteiger partial charge in [0.2, 0.25) is 5.91 Å². The number of thiophene rings is 1. The Morgan fingerprint density at radius 1 is 1.38 bits per heavy atom. The van der Waals surface area contributed by atoms with E-state index in [0.717, 1.165) is 9.21 Å². The van der Waals surface area contributed by atoms with Crippen molar-refractivity contribution in [2.45, 2.75) is 25.8 Å². The van der Waals surface area contributed by atoms with Crippen LogP contribution in [0.4, 0.5) is 4.79 Å². The topological polar surface area (TPSA) is 61.4 Å². The molecule has 2 N–H and O–H groups in total. The SMILES string of the molecule is CNC(=O)C1CCN(C(=O)N[C@@H](C)c2ccc(Cl)s2)CC1. The zero-order valence-corrected chi connectivity index (χ0v) is 13.8. The summed E-state index contributed by atoms with van der Waals surface area (Å²) in [5.41, 5.74) is 0. The van der Waals surface area contributed by atoms with Gasteiger partial charge in [-0.1, -0.05) is 11.6 Å². The Balaban J connectivity index is 1.83. The molecule has 1 aliphatic rings. The van der Waals surface area contributed by atoms with Gasteiger partial charge in [0.1, 0.15) is 0 Å². The minimum absolute atomic E-state index is 0.0209. The van der Waals surface area contributed by atoms with Crippen molar-refractivity contribution in [1.29, 1.82) is 0 Å². The van der Waals surface area contributed by atoms with E-state index in [1.165, 1.54) is 11.3 Å². The number of nitrogens with one attached hydrogen (secondary N) is 2.